The number of thiophene rings is 1. The van der Waals surface area contributed by atoms with Gasteiger partial charge in [0.2, 0.25) is 0 Å². The highest BCUT2D eigenvalue weighted by atomic mass is 32.1. The van der Waals surface area contributed by atoms with E-state index >= 15 is 0 Å². The minimum atomic E-state index is -0.703. The highest BCUT2D eigenvalue weighted by molar-refractivity contribution is 7.10. The fourth-order valence-electron chi connectivity index (χ4n) is 2.81. The van der Waals surface area contributed by atoms with Crippen molar-refractivity contribution in [1.29, 1.82) is 5.26 Å². The number of esters is 1. The Morgan fingerprint density at radius 2 is 2.22 bits per heavy atom. The van der Waals surface area contributed by atoms with Crippen molar-refractivity contribution in [3.8, 4) is 6.07 Å². The smallest absolute Gasteiger partial charge is 0.332 e. The molecule has 1 aliphatic rings. The lowest BCUT2D eigenvalue weighted by molar-refractivity contribution is -0.133. The number of carbonyl (C=O) groups excluding carboxylic acids is 2. The number of hydrogen-bond acceptors (Lipinski definition) is 8. The highest BCUT2D eigenvalue weighted by Crippen LogP contribution is 2.38. The zero-order chi connectivity index (χ0) is 19.7. The van der Waals surface area contributed by atoms with E-state index < -0.39 is 23.4 Å². The van der Waals surface area contributed by atoms with Crippen LogP contribution in [0.3, 0.4) is 0 Å². The van der Waals surface area contributed by atoms with Crippen LogP contribution < -0.4 is 25.8 Å². The van der Waals surface area contributed by atoms with Gasteiger partial charge in [-0.3, -0.25) is 14.2 Å². The van der Waals surface area contributed by atoms with Crippen molar-refractivity contribution in [1.82, 2.24) is 9.88 Å². The maximum absolute atomic E-state index is 12.8. The fourth-order valence-corrected chi connectivity index (χ4v) is 4.79. The van der Waals surface area contributed by atoms with Gasteiger partial charge in [0.1, 0.15) is 15.0 Å². The number of allylic oxidation sites excluding steroid dienone is 1. The monoisotopic (exact) mass is 402 g/mol. The molecule has 1 atom stereocenters. The number of nitriles is 1. The number of carbonyl (C=O) groups is 2. The maximum Gasteiger partial charge on any atom is 0.332 e. The molecule has 27 heavy (non-hydrogen) atoms. The Labute approximate surface area is 161 Å². The Bertz CT molecular complexity index is 1180. The van der Waals surface area contributed by atoms with Gasteiger partial charge in [0.05, 0.1) is 30.2 Å². The van der Waals surface area contributed by atoms with E-state index in [1.54, 1.807) is 12.1 Å². The van der Waals surface area contributed by atoms with Crippen LogP contribution in [0.15, 0.2) is 27.9 Å². The van der Waals surface area contributed by atoms with Gasteiger partial charge in [0, 0.05) is 18.0 Å². The van der Waals surface area contributed by atoms with Crippen LogP contribution in [0.2, 0.25) is 0 Å². The summed E-state index contributed by atoms with van der Waals surface area (Å²) in [7, 11) is 2.66. The Hall–Kier alpha value is -3.16. The van der Waals surface area contributed by atoms with Crippen LogP contribution in [0, 0.1) is 11.3 Å². The average molecular weight is 402 g/mol. The molecule has 3 N–H and O–H groups in total. The fraction of sp³-hybridized carbons (Fsp3) is 0.176. The van der Waals surface area contributed by atoms with Gasteiger partial charge in [0.15, 0.2) is 0 Å². The Balaban J connectivity index is 2.49. The van der Waals surface area contributed by atoms with Crippen LogP contribution in [-0.4, -0.2) is 30.6 Å². The third-order valence-corrected chi connectivity index (χ3v) is 6.06. The first kappa shape index (κ1) is 18.6. The summed E-state index contributed by atoms with van der Waals surface area (Å²) in [6, 6.07) is 5.64. The average Bonchev–Trinajstić information content (AvgIpc) is 3.29. The molecule has 8 nitrogen and oxygen atoms in total. The third kappa shape index (κ3) is 2.97. The summed E-state index contributed by atoms with van der Waals surface area (Å²) in [5.41, 5.74) is 5.89. The summed E-state index contributed by atoms with van der Waals surface area (Å²) in [5.74, 6) is -1.89. The predicted octanol–water partition coefficient (Wildman–Crippen LogP) is -0.730. The molecule has 3 heterocycles. The minimum absolute atomic E-state index is 0.0516. The van der Waals surface area contributed by atoms with Crippen LogP contribution in [0.25, 0.3) is 17.5 Å². The zero-order valence-electron chi connectivity index (χ0n) is 14.3. The standard InChI is InChI=1S/C17H14N4O4S2/c1-20-15(23)13-12(9-4-3-5-26-9)8(7-18)14(19)21-16(24)10(27-17(13)21)6-11(22)25-2/h3-6,12H,19H2,1-2H3,(H,20,23). The molecule has 0 saturated heterocycles. The first-order valence-corrected chi connectivity index (χ1v) is 9.35. The molecule has 1 unspecified atom stereocenters. The molecule has 0 fully saturated rings. The van der Waals surface area contributed by atoms with E-state index in [1.165, 1.54) is 25.5 Å². The quantitative estimate of drug-likeness (QED) is 0.652. The zero-order valence-corrected chi connectivity index (χ0v) is 15.9. The summed E-state index contributed by atoms with van der Waals surface area (Å²) in [4.78, 5) is 37.8. The van der Waals surface area contributed by atoms with Crippen molar-refractivity contribution in [3.05, 3.63) is 47.5 Å². The largest absolute Gasteiger partial charge is 0.466 e. The minimum Gasteiger partial charge on any atom is -0.466 e. The Morgan fingerprint density at radius 3 is 2.78 bits per heavy atom. The summed E-state index contributed by atoms with van der Waals surface area (Å²) in [6.07, 6.45) is 1.04. The summed E-state index contributed by atoms with van der Waals surface area (Å²) in [5, 5.41) is 14.1. The van der Waals surface area contributed by atoms with E-state index in [4.69, 9.17) is 5.73 Å². The van der Waals surface area contributed by atoms with E-state index in [2.05, 4.69) is 10.1 Å². The number of nitrogens with zero attached hydrogens (tertiary/aromatic N) is 2. The molecule has 0 saturated carbocycles. The number of nitrogens with one attached hydrogen (secondary N) is 1. The van der Waals surface area contributed by atoms with Crippen LogP contribution in [0.5, 0.6) is 0 Å². The number of rotatable bonds is 3. The molecule has 3 rings (SSSR count). The van der Waals surface area contributed by atoms with Gasteiger partial charge in [-0.2, -0.15) is 5.26 Å². The van der Waals surface area contributed by atoms with Crippen molar-refractivity contribution in [3.63, 3.8) is 0 Å². The molecule has 2 aromatic heterocycles. The SMILES string of the molecule is CNC(=O)C1=c2sc(=CC(=O)OC)c(=O)n2C(N)=C(C#N)C1c1cccs1. The van der Waals surface area contributed by atoms with E-state index in [-0.39, 0.29) is 26.2 Å². The van der Waals surface area contributed by atoms with Gasteiger partial charge < -0.3 is 15.8 Å². The summed E-state index contributed by atoms with van der Waals surface area (Å²) in [6.45, 7) is 0. The molecule has 0 aliphatic carbocycles. The second-order valence-electron chi connectivity index (χ2n) is 5.43. The highest BCUT2D eigenvalue weighted by Gasteiger charge is 2.35. The number of hydrogen-bond donors (Lipinski definition) is 2. The van der Waals surface area contributed by atoms with Gasteiger partial charge in [-0.25, -0.2) is 4.79 Å². The van der Waals surface area contributed by atoms with Gasteiger partial charge in [-0.15, -0.1) is 22.7 Å². The van der Waals surface area contributed by atoms with E-state index in [0.717, 1.165) is 26.9 Å². The molecule has 1 aliphatic heterocycles. The Morgan fingerprint density at radius 1 is 1.48 bits per heavy atom. The van der Waals surface area contributed by atoms with Gasteiger partial charge in [0.25, 0.3) is 11.5 Å². The topological polar surface area (TPSA) is 127 Å². The van der Waals surface area contributed by atoms with Crippen LogP contribution in [0.4, 0.5) is 0 Å². The number of nitrogens with two attached hydrogens (primary N) is 1. The molecule has 2 aromatic rings. The second kappa shape index (κ2) is 7.22. The lowest BCUT2D eigenvalue weighted by atomic mass is 9.88. The first-order chi connectivity index (χ1) is 12.9. The molecule has 10 heteroatoms. The number of aromatic nitrogens is 1. The molecule has 0 aromatic carbocycles. The van der Waals surface area contributed by atoms with Crippen LogP contribution in [-0.2, 0) is 14.3 Å². The second-order valence-corrected chi connectivity index (χ2v) is 7.44. The lowest BCUT2D eigenvalue weighted by Crippen LogP contribution is -2.41. The summed E-state index contributed by atoms with van der Waals surface area (Å²) < 4.78 is 6.02. The lowest BCUT2D eigenvalue weighted by Gasteiger charge is -2.23. The maximum atomic E-state index is 12.8. The molecular formula is C17H14N4O4S2. The number of amides is 1. The third-order valence-electron chi connectivity index (χ3n) is 4.02. The van der Waals surface area contributed by atoms with Crippen LogP contribution in [0.1, 0.15) is 10.8 Å². The van der Waals surface area contributed by atoms with Crippen LogP contribution >= 0.6 is 22.7 Å². The first-order valence-electron chi connectivity index (χ1n) is 7.65. The molecular weight excluding hydrogens is 388 g/mol. The number of fused-ring (bicyclic) bond motifs is 1. The molecule has 0 radical (unpaired) electrons. The molecule has 0 spiro atoms. The molecule has 0 bridgehead atoms. The van der Waals surface area contributed by atoms with E-state index in [9.17, 15) is 19.6 Å². The number of thiazole rings is 1. The number of methoxy groups -OCH3 is 1. The van der Waals surface area contributed by atoms with E-state index in [0.29, 0.717) is 0 Å². The van der Waals surface area contributed by atoms with Crippen molar-refractivity contribution in [2.75, 3.05) is 14.2 Å². The van der Waals surface area contributed by atoms with Gasteiger partial charge >= 0.3 is 5.97 Å². The van der Waals surface area contributed by atoms with E-state index in [1.807, 2.05) is 11.4 Å². The van der Waals surface area contributed by atoms with Crippen molar-refractivity contribution >= 4 is 52.0 Å². The summed E-state index contributed by atoms with van der Waals surface area (Å²) >= 11 is 2.33. The van der Waals surface area contributed by atoms with Crippen molar-refractivity contribution < 1.29 is 14.3 Å². The Kier molecular flexibility index (Phi) is 4.98. The predicted molar refractivity (Wildman–Crippen MR) is 102 cm³/mol. The molecule has 138 valence electrons. The van der Waals surface area contributed by atoms with Crippen molar-refractivity contribution in [2.24, 2.45) is 5.73 Å². The molecule has 1 amide bonds. The van der Waals surface area contributed by atoms with Gasteiger partial charge in [-0.05, 0) is 11.4 Å². The van der Waals surface area contributed by atoms with Gasteiger partial charge in [-0.1, -0.05) is 6.07 Å². The van der Waals surface area contributed by atoms with Crippen molar-refractivity contribution in [2.45, 2.75) is 5.92 Å². The normalized spacial score (nSPS) is 16.7. The number of ether oxygens (including phenoxy) is 1.